The van der Waals surface area contributed by atoms with Crippen LogP contribution in [0.2, 0.25) is 5.02 Å². The quantitative estimate of drug-likeness (QED) is 0.741. The van der Waals surface area contributed by atoms with Crippen LogP contribution in [0.5, 0.6) is 11.5 Å². The van der Waals surface area contributed by atoms with Gasteiger partial charge in [0.1, 0.15) is 0 Å². The molecule has 6 heteroatoms. The highest BCUT2D eigenvalue weighted by molar-refractivity contribution is 6.32. The summed E-state index contributed by atoms with van der Waals surface area (Å²) in [7, 11) is 4.07. The molecule has 0 aliphatic carbocycles. The smallest absolute Gasteiger partial charge is 0.231 e. The van der Waals surface area contributed by atoms with Crippen molar-refractivity contribution < 1.29 is 14.2 Å². The van der Waals surface area contributed by atoms with E-state index in [-0.39, 0.29) is 6.79 Å². The maximum Gasteiger partial charge on any atom is 0.231 e. The van der Waals surface area contributed by atoms with Gasteiger partial charge in [0, 0.05) is 19.6 Å². The Balaban J connectivity index is 1.66. The molecule has 1 heterocycles. The molecule has 0 saturated carbocycles. The van der Waals surface area contributed by atoms with Gasteiger partial charge >= 0.3 is 0 Å². The van der Waals surface area contributed by atoms with Gasteiger partial charge in [-0.3, -0.25) is 0 Å². The predicted molar refractivity (Wildman–Crippen MR) is 78.7 cm³/mol. The van der Waals surface area contributed by atoms with Gasteiger partial charge in [0.05, 0.1) is 18.2 Å². The number of nitrogens with zero attached hydrogens (tertiary/aromatic N) is 1. The second-order valence-corrected chi connectivity index (χ2v) is 5.31. The SMILES string of the molecule is CN(C)CCOCCNCc1cc(Cl)c2c(c1)OCO2. The molecule has 0 atom stereocenters. The van der Waals surface area contributed by atoms with E-state index >= 15 is 0 Å². The molecule has 1 N–H and O–H groups in total. The molecule has 1 aromatic rings. The minimum absolute atomic E-state index is 0.242. The number of rotatable bonds is 8. The van der Waals surface area contributed by atoms with E-state index in [1.54, 1.807) is 0 Å². The molecule has 0 spiro atoms. The molecule has 20 heavy (non-hydrogen) atoms. The van der Waals surface area contributed by atoms with Crippen LogP contribution in [0.15, 0.2) is 12.1 Å². The standard InChI is InChI=1S/C14H21ClN2O3/c1-17(2)4-6-18-5-3-16-9-11-7-12(15)14-13(8-11)19-10-20-14/h7-8,16H,3-6,9-10H2,1-2H3. The van der Waals surface area contributed by atoms with Gasteiger partial charge in [-0.1, -0.05) is 11.6 Å². The molecule has 1 aliphatic rings. The number of hydrogen-bond acceptors (Lipinski definition) is 5. The Hall–Kier alpha value is -1.01. The van der Waals surface area contributed by atoms with E-state index in [1.165, 1.54) is 0 Å². The van der Waals surface area contributed by atoms with E-state index in [2.05, 4.69) is 10.2 Å². The molecule has 0 aromatic heterocycles. The highest BCUT2D eigenvalue weighted by Gasteiger charge is 2.17. The molecule has 1 aromatic carbocycles. The molecule has 0 radical (unpaired) electrons. The van der Waals surface area contributed by atoms with Crippen LogP contribution in [0.3, 0.4) is 0 Å². The zero-order valence-corrected chi connectivity index (χ0v) is 12.7. The summed E-state index contributed by atoms with van der Waals surface area (Å²) in [6.07, 6.45) is 0. The first-order valence-electron chi connectivity index (χ1n) is 6.68. The maximum atomic E-state index is 6.12. The topological polar surface area (TPSA) is 43.0 Å². The number of likely N-dealkylation sites (N-methyl/N-ethyl adjacent to an activating group) is 1. The highest BCUT2D eigenvalue weighted by atomic mass is 35.5. The van der Waals surface area contributed by atoms with Crippen molar-refractivity contribution in [1.29, 1.82) is 0 Å². The minimum Gasteiger partial charge on any atom is -0.454 e. The molecular weight excluding hydrogens is 280 g/mol. The minimum atomic E-state index is 0.242. The Bertz CT molecular complexity index is 441. The zero-order valence-electron chi connectivity index (χ0n) is 11.9. The van der Waals surface area contributed by atoms with Gasteiger partial charge in [-0.15, -0.1) is 0 Å². The van der Waals surface area contributed by atoms with Gasteiger partial charge in [0.25, 0.3) is 0 Å². The van der Waals surface area contributed by atoms with Crippen LogP contribution in [-0.2, 0) is 11.3 Å². The molecule has 0 unspecified atom stereocenters. The fourth-order valence-electron chi connectivity index (χ4n) is 1.85. The van der Waals surface area contributed by atoms with Crippen LogP contribution in [-0.4, -0.2) is 52.1 Å². The lowest BCUT2D eigenvalue weighted by Gasteiger charge is -2.10. The first kappa shape index (κ1) is 15.4. The van der Waals surface area contributed by atoms with Crippen LogP contribution < -0.4 is 14.8 Å². The van der Waals surface area contributed by atoms with Crippen LogP contribution >= 0.6 is 11.6 Å². The zero-order chi connectivity index (χ0) is 14.4. The largest absolute Gasteiger partial charge is 0.454 e. The molecule has 0 fully saturated rings. The number of nitrogens with one attached hydrogen (secondary N) is 1. The fraction of sp³-hybridized carbons (Fsp3) is 0.571. The van der Waals surface area contributed by atoms with E-state index in [9.17, 15) is 0 Å². The maximum absolute atomic E-state index is 6.12. The third-order valence-corrected chi connectivity index (χ3v) is 3.20. The van der Waals surface area contributed by atoms with E-state index in [4.69, 9.17) is 25.8 Å². The van der Waals surface area contributed by atoms with Crippen molar-refractivity contribution in [2.75, 3.05) is 47.2 Å². The summed E-state index contributed by atoms with van der Waals surface area (Å²) < 4.78 is 16.1. The van der Waals surface area contributed by atoms with Crippen molar-refractivity contribution in [2.45, 2.75) is 6.54 Å². The average Bonchev–Trinajstić information content (AvgIpc) is 2.86. The van der Waals surface area contributed by atoms with E-state index in [1.807, 2.05) is 26.2 Å². The molecule has 1 aliphatic heterocycles. The first-order valence-corrected chi connectivity index (χ1v) is 7.06. The third-order valence-electron chi connectivity index (χ3n) is 2.92. The molecule has 0 bridgehead atoms. The Morgan fingerprint density at radius 3 is 2.95 bits per heavy atom. The van der Waals surface area contributed by atoms with Crippen LogP contribution in [0, 0.1) is 0 Å². The van der Waals surface area contributed by atoms with Gasteiger partial charge in [0.2, 0.25) is 6.79 Å². The Morgan fingerprint density at radius 2 is 2.15 bits per heavy atom. The van der Waals surface area contributed by atoms with Crippen LogP contribution in [0.1, 0.15) is 5.56 Å². The highest BCUT2D eigenvalue weighted by Crippen LogP contribution is 2.39. The van der Waals surface area contributed by atoms with Gasteiger partial charge < -0.3 is 24.4 Å². The average molecular weight is 301 g/mol. The first-order chi connectivity index (χ1) is 9.66. The number of benzene rings is 1. The predicted octanol–water partition coefficient (Wildman–Crippen LogP) is 1.74. The summed E-state index contributed by atoms with van der Waals surface area (Å²) in [5.41, 5.74) is 1.08. The van der Waals surface area contributed by atoms with Crippen molar-refractivity contribution in [1.82, 2.24) is 10.2 Å². The van der Waals surface area contributed by atoms with Crippen molar-refractivity contribution in [3.8, 4) is 11.5 Å². The summed E-state index contributed by atoms with van der Waals surface area (Å²) in [5.74, 6) is 1.36. The number of hydrogen-bond donors (Lipinski definition) is 1. The molecule has 5 nitrogen and oxygen atoms in total. The molecule has 0 saturated heterocycles. The number of ether oxygens (including phenoxy) is 3. The van der Waals surface area contributed by atoms with Crippen LogP contribution in [0.25, 0.3) is 0 Å². The third kappa shape index (κ3) is 4.52. The van der Waals surface area contributed by atoms with E-state index in [0.29, 0.717) is 17.4 Å². The summed E-state index contributed by atoms with van der Waals surface area (Å²) in [4.78, 5) is 2.10. The molecule has 112 valence electrons. The Kier molecular flexibility index (Phi) is 5.91. The molecular formula is C14H21ClN2O3. The van der Waals surface area contributed by atoms with E-state index < -0.39 is 0 Å². The lowest BCUT2D eigenvalue weighted by molar-refractivity contribution is 0.119. The van der Waals surface area contributed by atoms with Gasteiger partial charge in [-0.25, -0.2) is 0 Å². The molecule has 2 rings (SSSR count). The number of halogens is 1. The Labute approximate surface area is 124 Å². The van der Waals surface area contributed by atoms with Gasteiger partial charge in [-0.05, 0) is 31.8 Å². The second-order valence-electron chi connectivity index (χ2n) is 4.90. The monoisotopic (exact) mass is 300 g/mol. The van der Waals surface area contributed by atoms with Crippen molar-refractivity contribution >= 4 is 11.6 Å². The summed E-state index contributed by atoms with van der Waals surface area (Å²) in [6.45, 7) is 4.17. The van der Waals surface area contributed by atoms with Gasteiger partial charge in [0.15, 0.2) is 11.5 Å². The Morgan fingerprint density at radius 1 is 1.30 bits per heavy atom. The van der Waals surface area contributed by atoms with Crippen molar-refractivity contribution in [2.24, 2.45) is 0 Å². The second kappa shape index (κ2) is 7.69. The normalized spacial score (nSPS) is 13.2. The van der Waals surface area contributed by atoms with E-state index in [0.717, 1.165) is 37.6 Å². The summed E-state index contributed by atoms with van der Waals surface area (Å²) in [6, 6.07) is 3.85. The molecule has 0 amide bonds. The fourth-order valence-corrected chi connectivity index (χ4v) is 2.14. The lowest BCUT2D eigenvalue weighted by atomic mass is 10.2. The summed E-state index contributed by atoms with van der Waals surface area (Å²) in [5, 5.41) is 3.91. The van der Waals surface area contributed by atoms with Crippen LogP contribution in [0.4, 0.5) is 0 Å². The summed E-state index contributed by atoms with van der Waals surface area (Å²) >= 11 is 6.12. The lowest BCUT2D eigenvalue weighted by Crippen LogP contribution is -2.23. The van der Waals surface area contributed by atoms with Crippen molar-refractivity contribution in [3.63, 3.8) is 0 Å². The van der Waals surface area contributed by atoms with Crippen molar-refractivity contribution in [3.05, 3.63) is 22.7 Å². The number of fused-ring (bicyclic) bond motifs is 1. The van der Waals surface area contributed by atoms with Gasteiger partial charge in [-0.2, -0.15) is 0 Å².